The Kier molecular flexibility index (Phi) is 3.02. The van der Waals surface area contributed by atoms with E-state index in [-0.39, 0.29) is 28.8 Å². The Hall–Kier alpha value is -1.63. The monoisotopic (exact) mass is 281 g/mol. The van der Waals surface area contributed by atoms with E-state index in [1.165, 1.54) is 0 Å². The molecular formula is C10H7ClF3NO3. The van der Waals surface area contributed by atoms with E-state index in [9.17, 15) is 23.1 Å². The molecule has 0 aliphatic carbocycles. The molecule has 1 heterocycles. The van der Waals surface area contributed by atoms with Crippen molar-refractivity contribution in [2.24, 2.45) is 0 Å². The number of benzene rings is 1. The third-order valence-corrected chi connectivity index (χ3v) is 2.69. The summed E-state index contributed by atoms with van der Waals surface area (Å²) in [5.74, 6) is -2.34. The molecule has 1 aliphatic heterocycles. The standard InChI is InChI=1S/C10H7ClF3NO3/c11-5-3-6(15-9(17)10(12,13)14)8-4(7(5)16)1-2-18-8/h3,16H,1-2H2,(H,15,17). The Balaban J connectivity index is 2.38. The van der Waals surface area contributed by atoms with Gasteiger partial charge in [0.25, 0.3) is 0 Å². The molecular weight excluding hydrogens is 275 g/mol. The molecule has 18 heavy (non-hydrogen) atoms. The predicted octanol–water partition coefficient (Wildman–Crippen LogP) is 2.48. The van der Waals surface area contributed by atoms with E-state index in [0.717, 1.165) is 6.07 Å². The van der Waals surface area contributed by atoms with Gasteiger partial charge in [-0.05, 0) is 6.07 Å². The second-order valence-corrected chi connectivity index (χ2v) is 4.02. The smallest absolute Gasteiger partial charge is 0.471 e. The molecule has 0 fully saturated rings. The van der Waals surface area contributed by atoms with Crippen LogP contribution < -0.4 is 10.1 Å². The van der Waals surface area contributed by atoms with E-state index < -0.39 is 12.1 Å². The lowest BCUT2D eigenvalue weighted by molar-refractivity contribution is -0.167. The molecule has 0 atom stereocenters. The minimum Gasteiger partial charge on any atom is -0.506 e. The number of amides is 1. The van der Waals surface area contributed by atoms with E-state index >= 15 is 0 Å². The number of anilines is 1. The number of rotatable bonds is 1. The number of fused-ring (bicyclic) bond motifs is 1. The van der Waals surface area contributed by atoms with E-state index in [2.05, 4.69) is 0 Å². The van der Waals surface area contributed by atoms with Gasteiger partial charge in [-0.3, -0.25) is 4.79 Å². The first-order chi connectivity index (χ1) is 8.30. The first-order valence-electron chi connectivity index (χ1n) is 4.86. The molecule has 0 unspecified atom stereocenters. The first kappa shape index (κ1) is 12.8. The van der Waals surface area contributed by atoms with Gasteiger partial charge in [-0.2, -0.15) is 13.2 Å². The number of hydrogen-bond donors (Lipinski definition) is 2. The van der Waals surface area contributed by atoms with Crippen molar-refractivity contribution in [1.82, 2.24) is 0 Å². The molecule has 8 heteroatoms. The number of alkyl halides is 3. The van der Waals surface area contributed by atoms with Gasteiger partial charge in [0.1, 0.15) is 11.5 Å². The molecule has 0 spiro atoms. The summed E-state index contributed by atoms with van der Waals surface area (Å²) >= 11 is 5.66. The summed E-state index contributed by atoms with van der Waals surface area (Å²) in [7, 11) is 0. The van der Waals surface area contributed by atoms with Gasteiger partial charge in [0, 0.05) is 12.0 Å². The quantitative estimate of drug-likeness (QED) is 0.778. The van der Waals surface area contributed by atoms with Crippen LogP contribution in [-0.2, 0) is 11.2 Å². The van der Waals surface area contributed by atoms with Gasteiger partial charge >= 0.3 is 12.1 Å². The number of halogens is 4. The van der Waals surface area contributed by atoms with Crippen molar-refractivity contribution < 1.29 is 27.8 Å². The van der Waals surface area contributed by atoms with Crippen LogP contribution in [0.3, 0.4) is 0 Å². The van der Waals surface area contributed by atoms with Gasteiger partial charge in [-0.15, -0.1) is 0 Å². The predicted molar refractivity (Wildman–Crippen MR) is 57.0 cm³/mol. The third-order valence-electron chi connectivity index (χ3n) is 2.41. The van der Waals surface area contributed by atoms with Crippen molar-refractivity contribution in [3.05, 3.63) is 16.7 Å². The van der Waals surface area contributed by atoms with Crippen LogP contribution in [0.5, 0.6) is 11.5 Å². The summed E-state index contributed by atoms with van der Waals surface area (Å²) in [4.78, 5) is 10.8. The van der Waals surface area contributed by atoms with E-state index in [1.54, 1.807) is 5.32 Å². The summed E-state index contributed by atoms with van der Waals surface area (Å²) in [6.07, 6.45) is -4.69. The van der Waals surface area contributed by atoms with Crippen LogP contribution in [-0.4, -0.2) is 23.8 Å². The summed E-state index contributed by atoms with van der Waals surface area (Å²) in [6.45, 7) is 0.206. The van der Waals surface area contributed by atoms with Crippen LogP contribution in [0.4, 0.5) is 18.9 Å². The van der Waals surface area contributed by atoms with E-state index in [1.807, 2.05) is 0 Å². The Morgan fingerprint density at radius 1 is 1.50 bits per heavy atom. The molecule has 2 rings (SSSR count). The number of hydrogen-bond acceptors (Lipinski definition) is 3. The first-order valence-corrected chi connectivity index (χ1v) is 5.24. The lowest BCUT2D eigenvalue weighted by Crippen LogP contribution is -2.30. The minimum atomic E-state index is -5.00. The second kappa shape index (κ2) is 4.24. The Labute approximate surface area is 104 Å². The van der Waals surface area contributed by atoms with Crippen molar-refractivity contribution in [2.45, 2.75) is 12.6 Å². The largest absolute Gasteiger partial charge is 0.506 e. The topological polar surface area (TPSA) is 58.6 Å². The zero-order valence-corrected chi connectivity index (χ0v) is 9.52. The van der Waals surface area contributed by atoms with Gasteiger partial charge in [0.05, 0.1) is 17.3 Å². The highest BCUT2D eigenvalue weighted by atomic mass is 35.5. The lowest BCUT2D eigenvalue weighted by Gasteiger charge is -2.13. The zero-order chi connectivity index (χ0) is 13.5. The molecule has 0 saturated carbocycles. The van der Waals surface area contributed by atoms with Crippen molar-refractivity contribution in [3.8, 4) is 11.5 Å². The van der Waals surface area contributed by atoms with Gasteiger partial charge < -0.3 is 15.2 Å². The second-order valence-electron chi connectivity index (χ2n) is 3.61. The molecule has 0 saturated heterocycles. The molecule has 1 amide bonds. The van der Waals surface area contributed by atoms with Crippen LogP contribution in [0.1, 0.15) is 5.56 Å². The highest BCUT2D eigenvalue weighted by Crippen LogP contribution is 2.44. The zero-order valence-electron chi connectivity index (χ0n) is 8.77. The maximum atomic E-state index is 12.1. The molecule has 1 aromatic carbocycles. The van der Waals surface area contributed by atoms with Crippen LogP contribution in [0.25, 0.3) is 0 Å². The molecule has 98 valence electrons. The van der Waals surface area contributed by atoms with Crippen molar-refractivity contribution in [3.63, 3.8) is 0 Å². The summed E-state index contributed by atoms with van der Waals surface area (Å²) in [5, 5.41) is 11.1. The number of phenolic OH excluding ortho intramolecular Hbond substituents is 1. The molecule has 0 bridgehead atoms. The van der Waals surface area contributed by atoms with Crippen LogP contribution >= 0.6 is 11.6 Å². The number of nitrogens with one attached hydrogen (secondary N) is 1. The van der Waals surface area contributed by atoms with Gasteiger partial charge in [-0.25, -0.2) is 0 Å². The number of aromatic hydroxyl groups is 1. The molecule has 0 radical (unpaired) electrons. The fourth-order valence-corrected chi connectivity index (χ4v) is 1.84. The Morgan fingerprint density at radius 2 is 2.17 bits per heavy atom. The summed E-state index contributed by atoms with van der Waals surface area (Å²) in [5.41, 5.74) is 0.0904. The van der Waals surface area contributed by atoms with Crippen molar-refractivity contribution in [1.29, 1.82) is 0 Å². The molecule has 2 N–H and O–H groups in total. The number of carbonyl (C=O) groups is 1. The highest BCUT2D eigenvalue weighted by molar-refractivity contribution is 6.32. The van der Waals surface area contributed by atoms with E-state index in [0.29, 0.717) is 12.0 Å². The van der Waals surface area contributed by atoms with Crippen LogP contribution in [0.2, 0.25) is 5.02 Å². The fourth-order valence-electron chi connectivity index (χ4n) is 1.61. The number of carbonyl (C=O) groups excluding carboxylic acids is 1. The molecule has 1 aliphatic rings. The van der Waals surface area contributed by atoms with Gasteiger partial charge in [0.2, 0.25) is 0 Å². The average Bonchev–Trinajstić information content (AvgIpc) is 2.73. The van der Waals surface area contributed by atoms with E-state index in [4.69, 9.17) is 16.3 Å². The van der Waals surface area contributed by atoms with Crippen molar-refractivity contribution >= 4 is 23.2 Å². The van der Waals surface area contributed by atoms with Crippen LogP contribution in [0.15, 0.2) is 6.07 Å². The third kappa shape index (κ3) is 2.17. The summed E-state index contributed by atoms with van der Waals surface area (Å²) < 4.78 is 41.5. The maximum Gasteiger partial charge on any atom is 0.471 e. The normalized spacial score (nSPS) is 14.0. The molecule has 4 nitrogen and oxygen atoms in total. The van der Waals surface area contributed by atoms with Gasteiger partial charge in [-0.1, -0.05) is 11.6 Å². The van der Waals surface area contributed by atoms with Crippen LogP contribution in [0, 0.1) is 0 Å². The SMILES string of the molecule is O=C(Nc1cc(Cl)c(O)c2c1OCC2)C(F)(F)F. The Morgan fingerprint density at radius 3 is 2.78 bits per heavy atom. The average molecular weight is 282 g/mol. The highest BCUT2D eigenvalue weighted by Gasteiger charge is 2.39. The number of ether oxygens (including phenoxy) is 1. The maximum absolute atomic E-state index is 12.1. The number of phenols is 1. The van der Waals surface area contributed by atoms with Gasteiger partial charge in [0.15, 0.2) is 0 Å². The Bertz CT molecular complexity index is 516. The molecule has 1 aromatic rings. The fraction of sp³-hybridized carbons (Fsp3) is 0.300. The molecule has 0 aromatic heterocycles. The lowest BCUT2D eigenvalue weighted by atomic mass is 10.1. The minimum absolute atomic E-state index is 0.0227. The summed E-state index contributed by atoms with van der Waals surface area (Å²) in [6, 6.07) is 1.02. The van der Waals surface area contributed by atoms with Crippen molar-refractivity contribution in [2.75, 3.05) is 11.9 Å².